The zero-order chi connectivity index (χ0) is 14.4. The lowest BCUT2D eigenvalue weighted by molar-refractivity contribution is -0.139. The molecule has 0 aliphatic rings. The van der Waals surface area contributed by atoms with Gasteiger partial charge in [0.15, 0.2) is 0 Å². The molecule has 0 spiro atoms. The molecule has 7 nitrogen and oxygen atoms in total. The molecular weight excluding hydrogens is 367 g/mol. The molecule has 0 bridgehead atoms. The number of urea groups is 1. The Hall–Kier alpha value is -1.84. The highest BCUT2D eigenvalue weighted by molar-refractivity contribution is 14.1. The number of halogens is 1. The van der Waals surface area contributed by atoms with E-state index in [2.05, 4.69) is 15.4 Å². The van der Waals surface area contributed by atoms with Gasteiger partial charge in [-0.1, -0.05) is 0 Å². The van der Waals surface area contributed by atoms with Gasteiger partial charge in [-0.05, 0) is 40.8 Å². The normalized spacial score (nSPS) is 9.58. The summed E-state index contributed by atoms with van der Waals surface area (Å²) in [6, 6.07) is 3.77. The van der Waals surface area contributed by atoms with E-state index in [4.69, 9.17) is 5.11 Å². The number of anilines is 1. The first kappa shape index (κ1) is 15.2. The van der Waals surface area contributed by atoms with Crippen LogP contribution in [0.1, 0.15) is 10.4 Å². The highest BCUT2D eigenvalue weighted by Gasteiger charge is 2.09. The number of carboxylic acids is 1. The molecule has 0 radical (unpaired) electrons. The van der Waals surface area contributed by atoms with Crippen LogP contribution in [0, 0.1) is 3.57 Å². The zero-order valence-corrected chi connectivity index (χ0v) is 12.1. The molecule has 0 saturated heterocycles. The Morgan fingerprint density at radius 3 is 2.58 bits per heavy atom. The van der Waals surface area contributed by atoms with Gasteiger partial charge < -0.3 is 20.5 Å². The fraction of sp³-hybridized carbons (Fsp3) is 0.182. The van der Waals surface area contributed by atoms with Gasteiger partial charge in [0.25, 0.3) is 0 Å². The Balaban J connectivity index is 2.69. The first-order chi connectivity index (χ1) is 8.92. The Morgan fingerprint density at radius 2 is 2.00 bits per heavy atom. The number of nitrogens with one attached hydrogen (secondary N) is 2. The van der Waals surface area contributed by atoms with Crippen LogP contribution in [0.15, 0.2) is 18.2 Å². The predicted molar refractivity (Wildman–Crippen MR) is 75.2 cm³/mol. The lowest BCUT2D eigenvalue weighted by Gasteiger charge is -2.08. The van der Waals surface area contributed by atoms with Crippen molar-refractivity contribution >= 4 is 46.2 Å². The summed E-state index contributed by atoms with van der Waals surface area (Å²) in [5.41, 5.74) is 0.391. The van der Waals surface area contributed by atoms with Gasteiger partial charge in [-0.3, -0.25) is 4.79 Å². The minimum Gasteiger partial charge on any atom is -0.478 e. The van der Waals surface area contributed by atoms with Crippen LogP contribution in [-0.4, -0.2) is 36.7 Å². The quantitative estimate of drug-likeness (QED) is 0.541. The Kier molecular flexibility index (Phi) is 5.55. The summed E-state index contributed by atoms with van der Waals surface area (Å²) in [7, 11) is 1.21. The third-order valence-electron chi connectivity index (χ3n) is 2.02. The maximum atomic E-state index is 11.4. The highest BCUT2D eigenvalue weighted by Crippen LogP contribution is 2.16. The molecule has 0 aromatic heterocycles. The van der Waals surface area contributed by atoms with Crippen molar-refractivity contribution < 1.29 is 24.2 Å². The van der Waals surface area contributed by atoms with Gasteiger partial charge in [-0.2, -0.15) is 0 Å². The molecule has 3 N–H and O–H groups in total. The van der Waals surface area contributed by atoms with Crippen molar-refractivity contribution in [1.29, 1.82) is 0 Å². The summed E-state index contributed by atoms with van der Waals surface area (Å²) >= 11 is 1.94. The number of rotatable bonds is 4. The number of carbonyl (C=O) groups excluding carboxylic acids is 2. The number of ether oxygens (including phenoxy) is 1. The van der Waals surface area contributed by atoms with Crippen molar-refractivity contribution in [3.8, 4) is 0 Å². The molecule has 19 heavy (non-hydrogen) atoms. The lowest BCUT2D eigenvalue weighted by Crippen LogP contribution is -2.33. The number of hydrogen-bond acceptors (Lipinski definition) is 4. The molecule has 0 aliphatic heterocycles. The van der Waals surface area contributed by atoms with E-state index in [1.54, 1.807) is 6.07 Å². The summed E-state index contributed by atoms with van der Waals surface area (Å²) in [5.74, 6) is -1.67. The average Bonchev–Trinajstić information content (AvgIpc) is 2.35. The zero-order valence-electron chi connectivity index (χ0n) is 9.90. The number of aromatic carboxylic acids is 1. The van der Waals surface area contributed by atoms with Gasteiger partial charge in [0.2, 0.25) is 0 Å². The van der Waals surface area contributed by atoms with Crippen LogP contribution >= 0.6 is 22.6 Å². The van der Waals surface area contributed by atoms with Gasteiger partial charge in [0.05, 0.1) is 12.7 Å². The SMILES string of the molecule is COC(=O)CNC(=O)Nc1cc(I)cc(C(=O)O)c1. The van der Waals surface area contributed by atoms with Crippen molar-refractivity contribution in [2.45, 2.75) is 0 Å². The van der Waals surface area contributed by atoms with Gasteiger partial charge in [0, 0.05) is 9.26 Å². The number of hydrogen-bond donors (Lipinski definition) is 3. The topological polar surface area (TPSA) is 105 Å². The Morgan fingerprint density at radius 1 is 1.32 bits per heavy atom. The molecule has 0 heterocycles. The van der Waals surface area contributed by atoms with Crippen molar-refractivity contribution in [3.63, 3.8) is 0 Å². The van der Waals surface area contributed by atoms with Gasteiger partial charge >= 0.3 is 18.0 Å². The third kappa shape index (κ3) is 5.12. The van der Waals surface area contributed by atoms with Crippen molar-refractivity contribution in [2.24, 2.45) is 0 Å². The first-order valence-electron chi connectivity index (χ1n) is 5.08. The van der Waals surface area contributed by atoms with Crippen LogP contribution in [0.5, 0.6) is 0 Å². The molecule has 0 aliphatic carbocycles. The standard InChI is InChI=1S/C11H11IN2O5/c1-19-9(15)5-13-11(18)14-8-3-6(10(16)17)2-7(12)4-8/h2-4H,5H2,1H3,(H,16,17)(H2,13,14,18). The largest absolute Gasteiger partial charge is 0.478 e. The van der Waals surface area contributed by atoms with Crippen molar-refractivity contribution in [2.75, 3.05) is 19.0 Å². The number of esters is 1. The van der Waals surface area contributed by atoms with Gasteiger partial charge in [-0.15, -0.1) is 0 Å². The Bertz CT molecular complexity index is 518. The minimum atomic E-state index is -1.09. The van der Waals surface area contributed by atoms with E-state index in [-0.39, 0.29) is 12.1 Å². The van der Waals surface area contributed by atoms with Crippen LogP contribution < -0.4 is 10.6 Å². The molecule has 102 valence electrons. The summed E-state index contributed by atoms with van der Waals surface area (Å²) in [5, 5.41) is 13.6. The number of amides is 2. The van der Waals surface area contributed by atoms with E-state index in [9.17, 15) is 14.4 Å². The molecule has 0 saturated carbocycles. The molecule has 0 atom stereocenters. The maximum absolute atomic E-state index is 11.4. The second-order valence-electron chi connectivity index (χ2n) is 3.42. The summed E-state index contributed by atoms with van der Waals surface area (Å²) in [4.78, 5) is 33.1. The van der Waals surface area contributed by atoms with E-state index in [1.807, 2.05) is 22.6 Å². The molecule has 1 aromatic rings. The predicted octanol–water partition coefficient (Wildman–Crippen LogP) is 1.28. The van der Waals surface area contributed by atoms with Crippen LogP contribution in [0.25, 0.3) is 0 Å². The van der Waals surface area contributed by atoms with Crippen molar-refractivity contribution in [1.82, 2.24) is 5.32 Å². The van der Waals surface area contributed by atoms with Crippen molar-refractivity contribution in [3.05, 3.63) is 27.3 Å². The van der Waals surface area contributed by atoms with E-state index in [0.29, 0.717) is 9.26 Å². The van der Waals surface area contributed by atoms with Crippen LogP contribution in [0.3, 0.4) is 0 Å². The monoisotopic (exact) mass is 378 g/mol. The molecule has 0 fully saturated rings. The molecule has 2 amide bonds. The first-order valence-corrected chi connectivity index (χ1v) is 6.16. The number of methoxy groups -OCH3 is 1. The van der Waals surface area contributed by atoms with Crippen LogP contribution in [-0.2, 0) is 9.53 Å². The second-order valence-corrected chi connectivity index (χ2v) is 4.66. The summed E-state index contributed by atoms with van der Waals surface area (Å²) in [6.45, 7) is -0.266. The molecule has 8 heteroatoms. The second kappa shape index (κ2) is 6.92. The minimum absolute atomic E-state index is 0.0650. The maximum Gasteiger partial charge on any atom is 0.335 e. The number of carboxylic acid groups (broad SMARTS) is 1. The smallest absolute Gasteiger partial charge is 0.335 e. The average molecular weight is 378 g/mol. The fourth-order valence-corrected chi connectivity index (χ4v) is 1.86. The van der Waals surface area contributed by atoms with E-state index in [1.165, 1.54) is 19.2 Å². The van der Waals surface area contributed by atoms with E-state index >= 15 is 0 Å². The van der Waals surface area contributed by atoms with E-state index in [0.717, 1.165) is 0 Å². The van der Waals surface area contributed by atoms with Gasteiger partial charge in [0.1, 0.15) is 6.54 Å². The summed E-state index contributed by atoms with van der Waals surface area (Å²) < 4.78 is 5.03. The summed E-state index contributed by atoms with van der Waals surface area (Å²) in [6.07, 6.45) is 0. The highest BCUT2D eigenvalue weighted by atomic mass is 127. The van der Waals surface area contributed by atoms with E-state index < -0.39 is 18.0 Å². The Labute approximate surface area is 122 Å². The molecule has 0 unspecified atom stereocenters. The molecular formula is C11H11IN2O5. The number of carbonyl (C=O) groups is 3. The number of benzene rings is 1. The van der Waals surface area contributed by atoms with Crippen LogP contribution in [0.4, 0.5) is 10.5 Å². The molecule has 1 rings (SSSR count). The van der Waals surface area contributed by atoms with Gasteiger partial charge in [-0.25, -0.2) is 9.59 Å². The third-order valence-corrected chi connectivity index (χ3v) is 2.65. The van der Waals surface area contributed by atoms with Crippen LogP contribution in [0.2, 0.25) is 0 Å². The molecule has 1 aromatic carbocycles. The lowest BCUT2D eigenvalue weighted by atomic mass is 10.2. The fourth-order valence-electron chi connectivity index (χ4n) is 1.19.